The van der Waals surface area contributed by atoms with Gasteiger partial charge in [-0.2, -0.15) is 0 Å². The van der Waals surface area contributed by atoms with Crippen LogP contribution in [-0.4, -0.2) is 37.5 Å². The molecule has 0 aromatic rings. The second kappa shape index (κ2) is 6.11. The van der Waals surface area contributed by atoms with E-state index in [-0.39, 0.29) is 5.92 Å². The summed E-state index contributed by atoms with van der Waals surface area (Å²) < 4.78 is 0. The van der Waals surface area contributed by atoms with Crippen LogP contribution in [0.5, 0.6) is 0 Å². The molecule has 1 heterocycles. The van der Waals surface area contributed by atoms with Crippen LogP contribution in [0, 0.1) is 11.8 Å². The highest BCUT2D eigenvalue weighted by Crippen LogP contribution is 2.22. The largest absolute Gasteiger partial charge is 0.342 e. The van der Waals surface area contributed by atoms with Crippen LogP contribution in [0.4, 0.5) is 0 Å². The molecule has 1 N–H and O–H groups in total. The fourth-order valence-corrected chi connectivity index (χ4v) is 2.38. The third-order valence-electron chi connectivity index (χ3n) is 3.23. The summed E-state index contributed by atoms with van der Waals surface area (Å²) in [4.78, 5) is 14.0. The molecule has 0 saturated carbocycles. The average molecular weight is 212 g/mol. The van der Waals surface area contributed by atoms with Crippen LogP contribution in [0.15, 0.2) is 0 Å². The van der Waals surface area contributed by atoms with Gasteiger partial charge in [0, 0.05) is 25.6 Å². The summed E-state index contributed by atoms with van der Waals surface area (Å²) in [6, 6.07) is 0. The number of nitrogens with one attached hydrogen (secondary N) is 1. The fourth-order valence-electron chi connectivity index (χ4n) is 2.38. The lowest BCUT2D eigenvalue weighted by Gasteiger charge is -2.20. The predicted molar refractivity (Wildman–Crippen MR) is 62.7 cm³/mol. The van der Waals surface area contributed by atoms with Gasteiger partial charge in [-0.05, 0) is 25.8 Å². The first kappa shape index (κ1) is 12.5. The molecule has 15 heavy (non-hydrogen) atoms. The summed E-state index contributed by atoms with van der Waals surface area (Å²) in [5.74, 6) is 1.19. The Hall–Kier alpha value is -0.570. The third kappa shape index (κ3) is 3.49. The van der Waals surface area contributed by atoms with E-state index in [4.69, 9.17) is 0 Å². The van der Waals surface area contributed by atoms with E-state index in [1.807, 2.05) is 18.9 Å². The van der Waals surface area contributed by atoms with Gasteiger partial charge in [0.05, 0.1) is 0 Å². The molecule has 0 aliphatic carbocycles. The van der Waals surface area contributed by atoms with Crippen molar-refractivity contribution in [1.82, 2.24) is 10.2 Å². The van der Waals surface area contributed by atoms with Gasteiger partial charge in [-0.3, -0.25) is 4.79 Å². The zero-order chi connectivity index (χ0) is 11.3. The molecular weight excluding hydrogens is 188 g/mol. The topological polar surface area (TPSA) is 32.3 Å². The van der Waals surface area contributed by atoms with Gasteiger partial charge >= 0.3 is 0 Å². The van der Waals surface area contributed by atoms with Crippen molar-refractivity contribution in [2.45, 2.75) is 33.1 Å². The van der Waals surface area contributed by atoms with Gasteiger partial charge in [-0.25, -0.2) is 0 Å². The zero-order valence-corrected chi connectivity index (χ0v) is 10.3. The smallest absolute Gasteiger partial charge is 0.226 e. The van der Waals surface area contributed by atoms with Crippen LogP contribution in [0.25, 0.3) is 0 Å². The maximum absolute atomic E-state index is 12.0. The molecule has 1 amide bonds. The summed E-state index contributed by atoms with van der Waals surface area (Å²) in [5, 5.41) is 3.06. The van der Waals surface area contributed by atoms with Crippen molar-refractivity contribution >= 4 is 5.91 Å². The van der Waals surface area contributed by atoms with E-state index >= 15 is 0 Å². The highest BCUT2D eigenvalue weighted by Gasteiger charge is 2.27. The Balaban J connectivity index is 2.35. The summed E-state index contributed by atoms with van der Waals surface area (Å²) >= 11 is 0. The maximum atomic E-state index is 12.0. The van der Waals surface area contributed by atoms with E-state index in [2.05, 4.69) is 12.2 Å². The van der Waals surface area contributed by atoms with E-state index in [1.165, 1.54) is 19.3 Å². The van der Waals surface area contributed by atoms with Gasteiger partial charge in [0.15, 0.2) is 0 Å². The molecule has 0 aromatic carbocycles. The Morgan fingerprint density at radius 3 is 2.93 bits per heavy atom. The number of amides is 1. The summed E-state index contributed by atoms with van der Waals surface area (Å²) in [6.07, 6.45) is 3.70. The van der Waals surface area contributed by atoms with Crippen molar-refractivity contribution in [2.24, 2.45) is 11.8 Å². The molecule has 1 aliphatic heterocycles. The normalized spacial score (nSPS) is 23.1. The molecule has 1 aliphatic rings. The number of likely N-dealkylation sites (tertiary alicyclic amines) is 1. The molecule has 1 fully saturated rings. The highest BCUT2D eigenvalue weighted by atomic mass is 16.2. The molecule has 2 atom stereocenters. The fraction of sp³-hybridized carbons (Fsp3) is 0.917. The summed E-state index contributed by atoms with van der Waals surface area (Å²) in [7, 11) is 1.90. The van der Waals surface area contributed by atoms with Crippen molar-refractivity contribution in [3.8, 4) is 0 Å². The van der Waals surface area contributed by atoms with Crippen LogP contribution < -0.4 is 5.32 Å². The van der Waals surface area contributed by atoms with E-state index in [0.29, 0.717) is 5.91 Å². The molecule has 0 aromatic heterocycles. The highest BCUT2D eigenvalue weighted by molar-refractivity contribution is 5.79. The lowest BCUT2D eigenvalue weighted by Crippen LogP contribution is -2.37. The standard InChI is InChI=1S/C12H24N2O/c1-4-5-11-6-7-14(9-11)12(15)10(2)8-13-3/h10-11,13H,4-9H2,1-3H3. The van der Waals surface area contributed by atoms with E-state index in [0.717, 1.165) is 25.6 Å². The van der Waals surface area contributed by atoms with Crippen molar-refractivity contribution in [3.63, 3.8) is 0 Å². The first-order valence-electron chi connectivity index (χ1n) is 6.12. The second-order valence-electron chi connectivity index (χ2n) is 4.69. The predicted octanol–water partition coefficient (Wildman–Crippen LogP) is 1.49. The zero-order valence-electron chi connectivity index (χ0n) is 10.3. The molecule has 3 nitrogen and oxygen atoms in total. The second-order valence-corrected chi connectivity index (χ2v) is 4.69. The van der Waals surface area contributed by atoms with Crippen molar-refractivity contribution in [2.75, 3.05) is 26.7 Å². The number of rotatable bonds is 5. The van der Waals surface area contributed by atoms with Crippen LogP contribution in [-0.2, 0) is 4.79 Å². The number of nitrogens with zero attached hydrogens (tertiary/aromatic N) is 1. The van der Waals surface area contributed by atoms with E-state index in [1.54, 1.807) is 0 Å². The summed E-state index contributed by atoms with van der Waals surface area (Å²) in [6.45, 7) is 6.96. The monoisotopic (exact) mass is 212 g/mol. The van der Waals surface area contributed by atoms with Crippen LogP contribution >= 0.6 is 0 Å². The first-order chi connectivity index (χ1) is 7.19. The molecule has 1 saturated heterocycles. The molecule has 88 valence electrons. The lowest BCUT2D eigenvalue weighted by atomic mass is 10.0. The van der Waals surface area contributed by atoms with Gasteiger partial charge in [0.2, 0.25) is 5.91 Å². The Morgan fingerprint density at radius 2 is 2.33 bits per heavy atom. The SMILES string of the molecule is CCCC1CCN(C(=O)C(C)CNC)C1. The number of hydrogen-bond acceptors (Lipinski definition) is 2. The van der Waals surface area contributed by atoms with Gasteiger partial charge in [-0.15, -0.1) is 0 Å². The molecular formula is C12H24N2O. The Morgan fingerprint density at radius 1 is 1.60 bits per heavy atom. The van der Waals surface area contributed by atoms with Crippen LogP contribution in [0.1, 0.15) is 33.1 Å². The molecule has 0 radical (unpaired) electrons. The molecule has 1 rings (SSSR count). The van der Waals surface area contributed by atoms with Crippen LogP contribution in [0.3, 0.4) is 0 Å². The Bertz CT molecular complexity index is 206. The molecule has 3 heteroatoms. The number of carbonyl (C=O) groups is 1. The molecule has 2 unspecified atom stereocenters. The minimum absolute atomic E-state index is 0.121. The van der Waals surface area contributed by atoms with E-state index in [9.17, 15) is 4.79 Å². The molecule has 0 spiro atoms. The summed E-state index contributed by atoms with van der Waals surface area (Å²) in [5.41, 5.74) is 0. The third-order valence-corrected chi connectivity index (χ3v) is 3.23. The van der Waals surface area contributed by atoms with Gasteiger partial charge in [0.25, 0.3) is 0 Å². The Kier molecular flexibility index (Phi) is 5.09. The van der Waals surface area contributed by atoms with Crippen molar-refractivity contribution in [3.05, 3.63) is 0 Å². The maximum Gasteiger partial charge on any atom is 0.226 e. The quantitative estimate of drug-likeness (QED) is 0.749. The van der Waals surface area contributed by atoms with Gasteiger partial charge in [-0.1, -0.05) is 20.3 Å². The Labute approximate surface area is 93.2 Å². The van der Waals surface area contributed by atoms with Gasteiger partial charge < -0.3 is 10.2 Å². The first-order valence-corrected chi connectivity index (χ1v) is 6.12. The van der Waals surface area contributed by atoms with Crippen molar-refractivity contribution < 1.29 is 4.79 Å². The van der Waals surface area contributed by atoms with Gasteiger partial charge in [0.1, 0.15) is 0 Å². The van der Waals surface area contributed by atoms with E-state index < -0.39 is 0 Å². The minimum atomic E-state index is 0.121. The minimum Gasteiger partial charge on any atom is -0.342 e. The van der Waals surface area contributed by atoms with Crippen molar-refractivity contribution in [1.29, 1.82) is 0 Å². The lowest BCUT2D eigenvalue weighted by molar-refractivity contribution is -0.133. The molecule has 0 bridgehead atoms. The number of hydrogen-bond donors (Lipinski definition) is 1. The average Bonchev–Trinajstić information content (AvgIpc) is 2.66. The van der Waals surface area contributed by atoms with Crippen LogP contribution in [0.2, 0.25) is 0 Å². The number of carbonyl (C=O) groups excluding carboxylic acids is 1.